The summed E-state index contributed by atoms with van der Waals surface area (Å²) >= 11 is 0. The summed E-state index contributed by atoms with van der Waals surface area (Å²) in [5, 5.41) is 7.12. The molecule has 1 N–H and O–H groups in total. The molecule has 0 aromatic heterocycles. The molecule has 0 rings (SSSR count). The third-order valence-electron chi connectivity index (χ3n) is 0.465. The van der Waals surface area contributed by atoms with Crippen molar-refractivity contribution in [2.24, 2.45) is 0 Å². The molecule has 10 heteroatoms. The van der Waals surface area contributed by atoms with Crippen molar-refractivity contribution < 1.29 is 45.4 Å². The molecular formula is C4HF7O3. The topological polar surface area (TPSA) is 54.4 Å². The highest BCUT2D eigenvalue weighted by atomic mass is 19.4. The Kier molecular flexibility index (Phi) is 5.15. The number of rotatable bonds is 0. The van der Waals surface area contributed by atoms with E-state index in [2.05, 4.69) is 0 Å². The molecule has 0 aromatic carbocycles. The number of carbonyl (C=O) groups is 2. The number of hydrogen-bond acceptors (Lipinski definition) is 2. The quantitative estimate of drug-likeness (QED) is 0.508. The number of alkyl halides is 6. The smallest absolute Gasteiger partial charge is 0.475 e. The van der Waals surface area contributed by atoms with E-state index in [0.29, 0.717) is 0 Å². The largest absolute Gasteiger partial charge is 0.490 e. The van der Waals surface area contributed by atoms with Crippen LogP contribution >= 0.6 is 0 Å². The Labute approximate surface area is 71.1 Å². The van der Waals surface area contributed by atoms with E-state index in [9.17, 15) is 30.7 Å². The van der Waals surface area contributed by atoms with Crippen molar-refractivity contribution in [3.05, 3.63) is 0 Å². The number of carboxylic acid groups (broad SMARTS) is 1. The average Bonchev–Trinajstić information content (AvgIpc) is 1.83. The van der Waals surface area contributed by atoms with E-state index in [4.69, 9.17) is 14.7 Å². The molecule has 0 fully saturated rings. The van der Waals surface area contributed by atoms with E-state index in [1.54, 1.807) is 0 Å². The lowest BCUT2D eigenvalue weighted by atomic mass is 10.7. The Morgan fingerprint density at radius 2 is 1.00 bits per heavy atom. The summed E-state index contributed by atoms with van der Waals surface area (Å²) in [6, 6.07) is -3.26. The van der Waals surface area contributed by atoms with E-state index < -0.39 is 24.4 Å². The molecule has 0 aromatic rings. The average molecular weight is 230 g/mol. The summed E-state index contributed by atoms with van der Waals surface area (Å²) in [4.78, 5) is 17.6. The highest BCUT2D eigenvalue weighted by molar-refractivity contribution is 5.74. The molecule has 3 nitrogen and oxygen atoms in total. The Morgan fingerprint density at radius 3 is 1.00 bits per heavy atom. The van der Waals surface area contributed by atoms with Crippen LogP contribution in [0.25, 0.3) is 0 Å². The Hall–Kier alpha value is -1.35. The first-order valence-corrected chi connectivity index (χ1v) is 2.45. The van der Waals surface area contributed by atoms with Gasteiger partial charge < -0.3 is 5.11 Å². The summed E-state index contributed by atoms with van der Waals surface area (Å²) in [6.07, 6.45) is -10.4. The fourth-order valence-electron chi connectivity index (χ4n) is 0. The third kappa shape index (κ3) is 8.74. The zero-order valence-corrected chi connectivity index (χ0v) is 5.91. The maximum absolute atomic E-state index is 10.6. The Bertz CT molecular complexity index is 190. The van der Waals surface area contributed by atoms with Crippen molar-refractivity contribution in [1.29, 1.82) is 0 Å². The molecule has 0 heterocycles. The number of carbonyl (C=O) groups excluding carboxylic acids is 1. The van der Waals surface area contributed by atoms with Crippen molar-refractivity contribution in [1.82, 2.24) is 0 Å². The molecule has 0 aliphatic carbocycles. The highest BCUT2D eigenvalue weighted by Gasteiger charge is 2.39. The molecule has 0 saturated carbocycles. The second kappa shape index (κ2) is 4.77. The molecule has 0 radical (unpaired) electrons. The summed E-state index contributed by atoms with van der Waals surface area (Å²) in [6.45, 7) is 0. The fourth-order valence-corrected chi connectivity index (χ4v) is 0. The van der Waals surface area contributed by atoms with E-state index in [1.165, 1.54) is 0 Å². The Morgan fingerprint density at radius 1 is 0.857 bits per heavy atom. The molecule has 0 aliphatic heterocycles. The molecule has 0 aliphatic rings. The van der Waals surface area contributed by atoms with Gasteiger partial charge in [0.1, 0.15) is 0 Å². The van der Waals surface area contributed by atoms with Gasteiger partial charge in [-0.15, -0.1) is 0 Å². The van der Waals surface area contributed by atoms with Crippen LogP contribution in [0.3, 0.4) is 0 Å². The summed E-state index contributed by atoms with van der Waals surface area (Å²) in [7, 11) is 0. The normalized spacial score (nSPS) is 11.4. The van der Waals surface area contributed by atoms with Crippen molar-refractivity contribution in [3.63, 3.8) is 0 Å². The molecular weight excluding hydrogens is 229 g/mol. The molecule has 84 valence electrons. The minimum absolute atomic E-state index is 2.76. The van der Waals surface area contributed by atoms with Gasteiger partial charge in [-0.25, -0.2) is 4.79 Å². The van der Waals surface area contributed by atoms with Crippen LogP contribution in [0.1, 0.15) is 0 Å². The van der Waals surface area contributed by atoms with Crippen LogP contribution in [-0.4, -0.2) is 29.5 Å². The zero-order valence-electron chi connectivity index (χ0n) is 5.91. The minimum atomic E-state index is -5.31. The highest BCUT2D eigenvalue weighted by Crippen LogP contribution is 2.15. The predicted molar refractivity (Wildman–Crippen MR) is 25.9 cm³/mol. The van der Waals surface area contributed by atoms with Crippen LogP contribution in [0.2, 0.25) is 0 Å². The molecule has 0 saturated heterocycles. The van der Waals surface area contributed by atoms with Crippen LogP contribution in [0, 0.1) is 0 Å². The van der Waals surface area contributed by atoms with Gasteiger partial charge in [-0.05, 0) is 0 Å². The van der Waals surface area contributed by atoms with Gasteiger partial charge in [-0.2, -0.15) is 30.7 Å². The molecule has 0 atom stereocenters. The van der Waals surface area contributed by atoms with E-state index in [-0.39, 0.29) is 0 Å². The van der Waals surface area contributed by atoms with Crippen LogP contribution in [0.4, 0.5) is 30.7 Å². The lowest BCUT2D eigenvalue weighted by Gasteiger charge is -1.93. The van der Waals surface area contributed by atoms with Gasteiger partial charge in [0.15, 0.2) is 0 Å². The maximum atomic E-state index is 10.6. The van der Waals surface area contributed by atoms with Gasteiger partial charge in [0, 0.05) is 0 Å². The second-order valence-electron chi connectivity index (χ2n) is 1.57. The molecule has 0 spiro atoms. The van der Waals surface area contributed by atoms with Gasteiger partial charge in [0.05, 0.1) is 0 Å². The number of hydrogen-bond donors (Lipinski definition) is 1. The van der Waals surface area contributed by atoms with E-state index in [0.717, 1.165) is 0 Å². The lowest BCUT2D eigenvalue weighted by molar-refractivity contribution is -0.192. The van der Waals surface area contributed by atoms with E-state index in [1.807, 2.05) is 0 Å². The van der Waals surface area contributed by atoms with Crippen molar-refractivity contribution in [3.8, 4) is 0 Å². The number of aliphatic carboxylic acids is 1. The second-order valence-corrected chi connectivity index (χ2v) is 1.57. The molecule has 0 unspecified atom stereocenters. The summed E-state index contributed by atoms with van der Waals surface area (Å²) in [5.41, 5.74) is 0. The maximum Gasteiger partial charge on any atom is 0.490 e. The number of halogens is 7. The van der Waals surface area contributed by atoms with Crippen LogP contribution in [0.15, 0.2) is 0 Å². The van der Waals surface area contributed by atoms with Crippen molar-refractivity contribution in [2.45, 2.75) is 12.4 Å². The van der Waals surface area contributed by atoms with Crippen LogP contribution in [0.5, 0.6) is 0 Å². The first kappa shape index (κ1) is 15.1. The minimum Gasteiger partial charge on any atom is -0.475 e. The standard InChI is InChI=1S/C2F4O.C2HF3O2/c3-1(7)2(4,5)6;3-2(4,5)1(6)7/h;(H,6,7). The SMILES string of the molecule is O=C(F)C(F)(F)F.O=C(O)C(F)(F)F. The summed E-state index contributed by atoms with van der Waals surface area (Å²) in [5.74, 6) is -2.76. The third-order valence-corrected chi connectivity index (χ3v) is 0.465. The summed E-state index contributed by atoms with van der Waals surface area (Å²) < 4.78 is 73.5. The van der Waals surface area contributed by atoms with Crippen LogP contribution < -0.4 is 0 Å². The van der Waals surface area contributed by atoms with E-state index >= 15 is 0 Å². The van der Waals surface area contributed by atoms with Gasteiger partial charge in [-0.3, -0.25) is 4.79 Å². The van der Waals surface area contributed by atoms with Crippen molar-refractivity contribution >= 4 is 12.0 Å². The Balaban J connectivity index is 0. The predicted octanol–water partition coefficient (Wildman–Crippen LogP) is 1.68. The molecule has 0 bridgehead atoms. The van der Waals surface area contributed by atoms with Crippen LogP contribution in [-0.2, 0) is 9.59 Å². The van der Waals surface area contributed by atoms with Gasteiger partial charge in [0.25, 0.3) is 0 Å². The fraction of sp³-hybridized carbons (Fsp3) is 0.500. The lowest BCUT2D eigenvalue weighted by Crippen LogP contribution is -2.21. The van der Waals surface area contributed by atoms with Gasteiger partial charge in [0.2, 0.25) is 0 Å². The molecule has 0 amide bonds. The molecule has 14 heavy (non-hydrogen) atoms. The zero-order chi connectivity index (χ0) is 12.2. The number of carboxylic acids is 1. The van der Waals surface area contributed by atoms with Gasteiger partial charge >= 0.3 is 24.4 Å². The first-order valence-electron chi connectivity index (χ1n) is 2.45. The van der Waals surface area contributed by atoms with Crippen molar-refractivity contribution in [2.75, 3.05) is 0 Å². The van der Waals surface area contributed by atoms with Gasteiger partial charge in [-0.1, -0.05) is 0 Å². The monoisotopic (exact) mass is 230 g/mol. The first-order chi connectivity index (χ1) is 5.89.